The van der Waals surface area contributed by atoms with Gasteiger partial charge in [-0.2, -0.15) is 0 Å². The molecule has 7 heteroatoms. The Labute approximate surface area is 151 Å². The highest BCUT2D eigenvalue weighted by Crippen LogP contribution is 2.26. The molecule has 2 fully saturated rings. The number of halogens is 3. The number of hydrogen-bond acceptors (Lipinski definition) is 3. The molecule has 2 heterocycles. The Kier molecular flexibility index (Phi) is 6.19. The summed E-state index contributed by atoms with van der Waals surface area (Å²) in [5, 5.41) is 9.66. The quantitative estimate of drug-likeness (QED) is 0.809. The van der Waals surface area contributed by atoms with Crippen molar-refractivity contribution >= 4 is 5.91 Å². The van der Waals surface area contributed by atoms with Crippen molar-refractivity contribution in [2.75, 3.05) is 39.3 Å². The Morgan fingerprint density at radius 2 is 1.73 bits per heavy atom. The van der Waals surface area contributed by atoms with E-state index in [0.29, 0.717) is 13.1 Å². The van der Waals surface area contributed by atoms with Gasteiger partial charge in [0.15, 0.2) is 17.5 Å². The molecule has 1 aromatic rings. The topological polar surface area (TPSA) is 43.8 Å². The van der Waals surface area contributed by atoms with Crippen LogP contribution in [0.5, 0.6) is 0 Å². The zero-order valence-electron chi connectivity index (χ0n) is 14.8. The number of carbonyl (C=O) groups is 1. The summed E-state index contributed by atoms with van der Waals surface area (Å²) in [6.07, 6.45) is 3.29. The van der Waals surface area contributed by atoms with Crippen molar-refractivity contribution in [3.05, 3.63) is 35.1 Å². The summed E-state index contributed by atoms with van der Waals surface area (Å²) in [5.41, 5.74) is -0.145. The summed E-state index contributed by atoms with van der Waals surface area (Å²) in [5.74, 6) is -4.27. The smallest absolute Gasteiger partial charge is 0.227 e. The van der Waals surface area contributed by atoms with Gasteiger partial charge >= 0.3 is 0 Å². The zero-order chi connectivity index (χ0) is 18.7. The molecule has 2 atom stereocenters. The van der Waals surface area contributed by atoms with E-state index in [1.807, 2.05) is 0 Å². The maximum absolute atomic E-state index is 13.8. The van der Waals surface area contributed by atoms with Crippen LogP contribution in [0.4, 0.5) is 13.2 Å². The standard InChI is InChI=1S/C19H25F3N2O2/c20-16-5-4-13(18(21)19(16)22)8-17(26)24-10-14(15(11-24)12-25)9-23-6-2-1-3-7-23/h4-5,14-15,25H,1-3,6-12H2/t14-,15-/m1/s1. The molecule has 0 aromatic heterocycles. The number of amides is 1. The lowest BCUT2D eigenvalue weighted by molar-refractivity contribution is -0.129. The Morgan fingerprint density at radius 3 is 2.42 bits per heavy atom. The monoisotopic (exact) mass is 370 g/mol. The van der Waals surface area contributed by atoms with Gasteiger partial charge in [0.1, 0.15) is 0 Å². The number of hydrogen-bond donors (Lipinski definition) is 1. The molecule has 26 heavy (non-hydrogen) atoms. The van der Waals surface area contributed by atoms with Gasteiger partial charge in [0.25, 0.3) is 0 Å². The van der Waals surface area contributed by atoms with E-state index in [-0.39, 0.29) is 36.3 Å². The summed E-state index contributed by atoms with van der Waals surface area (Å²) in [4.78, 5) is 16.5. The second-order valence-electron chi connectivity index (χ2n) is 7.37. The molecule has 0 unspecified atom stereocenters. The van der Waals surface area contributed by atoms with Crippen molar-refractivity contribution in [3.8, 4) is 0 Å². The van der Waals surface area contributed by atoms with Crippen LogP contribution < -0.4 is 0 Å². The largest absolute Gasteiger partial charge is 0.396 e. The number of rotatable bonds is 5. The van der Waals surface area contributed by atoms with E-state index in [0.717, 1.165) is 31.8 Å². The van der Waals surface area contributed by atoms with Crippen LogP contribution in [0.15, 0.2) is 12.1 Å². The SMILES string of the molecule is O=C(Cc1ccc(F)c(F)c1F)N1C[C@@H](CN2CCCCC2)[C@@H](CO)C1. The molecule has 0 radical (unpaired) electrons. The molecule has 0 spiro atoms. The van der Waals surface area contributed by atoms with Crippen LogP contribution in [0.2, 0.25) is 0 Å². The van der Waals surface area contributed by atoms with Gasteiger partial charge in [-0.3, -0.25) is 4.79 Å². The third-order valence-corrected chi connectivity index (χ3v) is 5.56. The maximum atomic E-state index is 13.8. The minimum absolute atomic E-state index is 0.00181. The summed E-state index contributed by atoms with van der Waals surface area (Å²) in [7, 11) is 0. The Balaban J connectivity index is 1.62. The van der Waals surface area contributed by atoms with Gasteiger partial charge in [-0.25, -0.2) is 13.2 Å². The van der Waals surface area contributed by atoms with Crippen molar-refractivity contribution in [2.24, 2.45) is 11.8 Å². The van der Waals surface area contributed by atoms with Gasteiger partial charge in [0, 0.05) is 37.7 Å². The molecule has 0 saturated carbocycles. The van der Waals surface area contributed by atoms with E-state index in [1.54, 1.807) is 4.90 Å². The Hall–Kier alpha value is -1.60. The molecule has 1 aromatic carbocycles. The minimum atomic E-state index is -1.55. The predicted octanol–water partition coefficient (Wildman–Crippen LogP) is 2.20. The fraction of sp³-hybridized carbons (Fsp3) is 0.632. The molecule has 1 N–H and O–H groups in total. The fourth-order valence-corrected chi connectivity index (χ4v) is 4.01. The molecule has 3 rings (SSSR count). The van der Waals surface area contributed by atoms with E-state index in [4.69, 9.17) is 0 Å². The predicted molar refractivity (Wildman–Crippen MR) is 91.0 cm³/mol. The first-order valence-corrected chi connectivity index (χ1v) is 9.23. The van der Waals surface area contributed by atoms with Crippen LogP contribution in [0.3, 0.4) is 0 Å². The number of piperidine rings is 1. The van der Waals surface area contributed by atoms with E-state index in [2.05, 4.69) is 4.90 Å². The number of carbonyl (C=O) groups excluding carboxylic acids is 1. The molecule has 2 aliphatic rings. The van der Waals surface area contributed by atoms with Crippen molar-refractivity contribution in [1.82, 2.24) is 9.80 Å². The second kappa shape index (κ2) is 8.39. The van der Waals surface area contributed by atoms with Gasteiger partial charge in [0.2, 0.25) is 5.91 Å². The van der Waals surface area contributed by atoms with Crippen LogP contribution in [-0.2, 0) is 11.2 Å². The lowest BCUT2D eigenvalue weighted by Gasteiger charge is -2.30. The van der Waals surface area contributed by atoms with Crippen molar-refractivity contribution in [2.45, 2.75) is 25.7 Å². The van der Waals surface area contributed by atoms with E-state index >= 15 is 0 Å². The van der Waals surface area contributed by atoms with Gasteiger partial charge in [-0.1, -0.05) is 12.5 Å². The number of aliphatic hydroxyl groups is 1. The van der Waals surface area contributed by atoms with E-state index in [9.17, 15) is 23.1 Å². The Bertz CT molecular complexity index is 650. The zero-order valence-corrected chi connectivity index (χ0v) is 14.8. The number of likely N-dealkylation sites (tertiary alicyclic amines) is 2. The molecule has 4 nitrogen and oxygen atoms in total. The minimum Gasteiger partial charge on any atom is -0.396 e. The summed E-state index contributed by atoms with van der Waals surface area (Å²) >= 11 is 0. The molecule has 1 amide bonds. The van der Waals surface area contributed by atoms with Crippen LogP contribution in [0.25, 0.3) is 0 Å². The van der Waals surface area contributed by atoms with Crippen LogP contribution in [0.1, 0.15) is 24.8 Å². The fourth-order valence-electron chi connectivity index (χ4n) is 4.01. The van der Waals surface area contributed by atoms with E-state index in [1.165, 1.54) is 19.3 Å². The number of aliphatic hydroxyl groups excluding tert-OH is 1. The summed E-state index contributed by atoms with van der Waals surface area (Å²) in [6.45, 7) is 3.85. The number of benzene rings is 1. The lowest BCUT2D eigenvalue weighted by Crippen LogP contribution is -2.37. The normalized spacial score (nSPS) is 24.2. The summed E-state index contributed by atoms with van der Waals surface area (Å²) in [6, 6.07) is 1.94. The Morgan fingerprint density at radius 1 is 1.04 bits per heavy atom. The van der Waals surface area contributed by atoms with Gasteiger partial charge in [-0.05, 0) is 37.9 Å². The molecule has 0 bridgehead atoms. The highest BCUT2D eigenvalue weighted by atomic mass is 19.2. The molecule has 2 aliphatic heterocycles. The van der Waals surface area contributed by atoms with Crippen molar-refractivity contribution in [1.29, 1.82) is 0 Å². The third-order valence-electron chi connectivity index (χ3n) is 5.56. The lowest BCUT2D eigenvalue weighted by atomic mass is 9.95. The molecule has 2 saturated heterocycles. The summed E-state index contributed by atoms with van der Waals surface area (Å²) < 4.78 is 40.2. The molecule has 144 valence electrons. The van der Waals surface area contributed by atoms with Crippen molar-refractivity contribution in [3.63, 3.8) is 0 Å². The second-order valence-corrected chi connectivity index (χ2v) is 7.37. The highest BCUT2D eigenvalue weighted by Gasteiger charge is 2.36. The average Bonchev–Trinajstić information content (AvgIpc) is 3.06. The first-order valence-electron chi connectivity index (χ1n) is 9.23. The third kappa shape index (κ3) is 4.20. The molecular formula is C19H25F3N2O2. The van der Waals surface area contributed by atoms with Gasteiger partial charge < -0.3 is 14.9 Å². The van der Waals surface area contributed by atoms with Crippen molar-refractivity contribution < 1.29 is 23.1 Å². The highest BCUT2D eigenvalue weighted by molar-refractivity contribution is 5.79. The van der Waals surface area contributed by atoms with Crippen LogP contribution >= 0.6 is 0 Å². The van der Waals surface area contributed by atoms with Gasteiger partial charge in [-0.15, -0.1) is 0 Å². The van der Waals surface area contributed by atoms with Gasteiger partial charge in [0.05, 0.1) is 6.42 Å². The molecular weight excluding hydrogens is 345 g/mol. The van der Waals surface area contributed by atoms with Crippen LogP contribution in [-0.4, -0.2) is 60.1 Å². The molecule has 0 aliphatic carbocycles. The van der Waals surface area contributed by atoms with E-state index < -0.39 is 17.5 Å². The number of nitrogens with zero attached hydrogens (tertiary/aromatic N) is 2. The first kappa shape index (κ1) is 19.2. The average molecular weight is 370 g/mol. The maximum Gasteiger partial charge on any atom is 0.227 e. The van der Waals surface area contributed by atoms with Crippen LogP contribution in [0, 0.1) is 29.3 Å². The first-order chi connectivity index (χ1) is 12.5.